The normalized spacial score (nSPS) is 51.9. The fraction of sp³-hybridized carbons (Fsp3) is 1.00. The molecule has 0 spiro atoms. The van der Waals surface area contributed by atoms with Crippen LogP contribution in [0.25, 0.3) is 0 Å². The summed E-state index contributed by atoms with van der Waals surface area (Å²) in [6.07, 6.45) is 8.71. The van der Waals surface area contributed by atoms with Crippen molar-refractivity contribution in [1.29, 1.82) is 0 Å². The van der Waals surface area contributed by atoms with Crippen molar-refractivity contribution in [1.82, 2.24) is 5.32 Å². The first kappa shape index (κ1) is 11.0. The second-order valence-corrected chi connectivity index (χ2v) is 7.08. The van der Waals surface area contributed by atoms with Crippen LogP contribution in [0, 0.1) is 17.3 Å². The van der Waals surface area contributed by atoms with Crippen molar-refractivity contribution < 1.29 is 5.11 Å². The van der Waals surface area contributed by atoms with E-state index in [0.717, 1.165) is 31.1 Å². The van der Waals surface area contributed by atoms with Gasteiger partial charge in [-0.1, -0.05) is 0 Å². The molecular formula is C14H25NO. The summed E-state index contributed by atoms with van der Waals surface area (Å²) >= 11 is 0. The minimum Gasteiger partial charge on any atom is -0.390 e. The summed E-state index contributed by atoms with van der Waals surface area (Å²) in [4.78, 5) is 0. The van der Waals surface area contributed by atoms with Gasteiger partial charge in [0.05, 0.1) is 5.60 Å². The Morgan fingerprint density at radius 2 is 1.88 bits per heavy atom. The Bertz CT molecular complexity index is 274. The molecule has 0 radical (unpaired) electrons. The third kappa shape index (κ3) is 1.70. The average molecular weight is 223 g/mol. The molecule has 0 amide bonds. The number of hydrogen-bond acceptors (Lipinski definition) is 2. The van der Waals surface area contributed by atoms with E-state index in [4.69, 9.17) is 0 Å². The van der Waals surface area contributed by atoms with Gasteiger partial charge in [-0.15, -0.1) is 0 Å². The Hall–Kier alpha value is -0.0800. The first-order valence-electron chi connectivity index (χ1n) is 6.92. The first-order chi connectivity index (χ1) is 7.53. The molecule has 0 aromatic carbocycles. The van der Waals surface area contributed by atoms with Crippen molar-refractivity contribution in [3.8, 4) is 0 Å². The lowest BCUT2D eigenvalue weighted by Crippen LogP contribution is -2.56. The second kappa shape index (κ2) is 3.46. The average Bonchev–Trinajstić information content (AvgIpc) is 2.12. The summed E-state index contributed by atoms with van der Waals surface area (Å²) < 4.78 is 0. The van der Waals surface area contributed by atoms with Crippen molar-refractivity contribution in [2.45, 2.75) is 63.5 Å². The molecule has 0 saturated heterocycles. The van der Waals surface area contributed by atoms with Crippen molar-refractivity contribution in [2.24, 2.45) is 17.3 Å². The molecule has 4 saturated carbocycles. The minimum absolute atomic E-state index is 0.280. The summed E-state index contributed by atoms with van der Waals surface area (Å²) in [6.45, 7) is 2.28. The molecule has 16 heavy (non-hydrogen) atoms. The van der Waals surface area contributed by atoms with Crippen molar-refractivity contribution >= 4 is 0 Å². The number of nitrogens with one attached hydrogen (secondary N) is 1. The Balaban J connectivity index is 1.81. The van der Waals surface area contributed by atoms with E-state index in [-0.39, 0.29) is 5.60 Å². The topological polar surface area (TPSA) is 32.3 Å². The Labute approximate surface area is 98.8 Å². The summed E-state index contributed by atoms with van der Waals surface area (Å²) in [5, 5.41) is 14.0. The summed E-state index contributed by atoms with van der Waals surface area (Å²) in [6, 6.07) is 0.597. The predicted molar refractivity (Wildman–Crippen MR) is 65.2 cm³/mol. The molecule has 0 aromatic heterocycles. The zero-order chi connectivity index (χ0) is 11.4. The molecule has 2 unspecified atom stereocenters. The summed E-state index contributed by atoms with van der Waals surface area (Å²) in [5.74, 6) is 1.66. The van der Waals surface area contributed by atoms with Gasteiger partial charge in [0.2, 0.25) is 0 Å². The molecule has 0 aromatic rings. The zero-order valence-corrected chi connectivity index (χ0v) is 10.6. The van der Waals surface area contributed by atoms with Gasteiger partial charge in [-0.25, -0.2) is 0 Å². The lowest BCUT2D eigenvalue weighted by Gasteiger charge is -2.61. The molecule has 92 valence electrons. The van der Waals surface area contributed by atoms with E-state index in [1.165, 1.54) is 25.7 Å². The quantitative estimate of drug-likeness (QED) is 0.769. The Morgan fingerprint density at radius 1 is 1.25 bits per heavy atom. The van der Waals surface area contributed by atoms with Gasteiger partial charge in [0, 0.05) is 6.04 Å². The van der Waals surface area contributed by atoms with Crippen LogP contribution in [0.4, 0.5) is 0 Å². The van der Waals surface area contributed by atoms with Crippen LogP contribution in [0.3, 0.4) is 0 Å². The van der Waals surface area contributed by atoms with E-state index >= 15 is 0 Å². The smallest absolute Gasteiger partial charge is 0.0658 e. The van der Waals surface area contributed by atoms with Gasteiger partial charge in [-0.3, -0.25) is 0 Å². The van der Waals surface area contributed by atoms with E-state index in [2.05, 4.69) is 19.3 Å². The molecule has 2 nitrogen and oxygen atoms in total. The van der Waals surface area contributed by atoms with Crippen LogP contribution in [-0.4, -0.2) is 23.8 Å². The van der Waals surface area contributed by atoms with Gasteiger partial charge < -0.3 is 10.4 Å². The largest absolute Gasteiger partial charge is 0.390 e. The summed E-state index contributed by atoms with van der Waals surface area (Å²) in [7, 11) is 2.06. The number of rotatable bonds is 3. The van der Waals surface area contributed by atoms with Crippen LogP contribution in [0.15, 0.2) is 0 Å². The van der Waals surface area contributed by atoms with Crippen LogP contribution < -0.4 is 5.32 Å². The van der Waals surface area contributed by atoms with E-state index in [1.807, 2.05) is 0 Å². The van der Waals surface area contributed by atoms with Gasteiger partial charge >= 0.3 is 0 Å². The van der Waals surface area contributed by atoms with Crippen LogP contribution in [0.1, 0.15) is 51.9 Å². The third-order valence-corrected chi connectivity index (χ3v) is 5.38. The highest BCUT2D eigenvalue weighted by atomic mass is 16.3. The van der Waals surface area contributed by atoms with E-state index in [0.29, 0.717) is 11.5 Å². The fourth-order valence-electron chi connectivity index (χ4n) is 5.39. The van der Waals surface area contributed by atoms with Crippen LogP contribution in [0.5, 0.6) is 0 Å². The lowest BCUT2D eigenvalue weighted by atomic mass is 9.47. The molecule has 5 atom stereocenters. The molecular weight excluding hydrogens is 198 g/mol. The zero-order valence-electron chi connectivity index (χ0n) is 10.6. The first-order valence-corrected chi connectivity index (χ1v) is 6.92. The van der Waals surface area contributed by atoms with Crippen molar-refractivity contribution in [3.63, 3.8) is 0 Å². The minimum atomic E-state index is -0.280. The molecule has 0 heterocycles. The van der Waals surface area contributed by atoms with Crippen LogP contribution in [0.2, 0.25) is 0 Å². The fourth-order valence-corrected chi connectivity index (χ4v) is 5.39. The van der Waals surface area contributed by atoms with E-state index in [1.54, 1.807) is 0 Å². The van der Waals surface area contributed by atoms with Gasteiger partial charge in [0.15, 0.2) is 0 Å². The lowest BCUT2D eigenvalue weighted by molar-refractivity contribution is -0.167. The maximum Gasteiger partial charge on any atom is 0.0658 e. The number of aliphatic hydroxyl groups is 1. The van der Waals surface area contributed by atoms with E-state index in [9.17, 15) is 5.11 Å². The second-order valence-electron chi connectivity index (χ2n) is 7.08. The third-order valence-electron chi connectivity index (χ3n) is 5.38. The van der Waals surface area contributed by atoms with Gasteiger partial charge in [0.1, 0.15) is 0 Å². The molecule has 4 aliphatic carbocycles. The maximum absolute atomic E-state index is 10.6. The standard InChI is InChI=1S/C14H25NO/c1-10(15-2)4-13-5-11-3-12(6-13)8-14(16,7-11)9-13/h10-12,15-16H,3-9H2,1-2H3/t10-,11-,12+,13?,14?/m1/s1. The SMILES string of the molecule is CN[C@H](C)CC12C[C@@H]3C[C@@H](CC(O)(C3)C1)C2. The van der Waals surface area contributed by atoms with Gasteiger partial charge in [0.25, 0.3) is 0 Å². The monoisotopic (exact) mass is 223 g/mol. The highest BCUT2D eigenvalue weighted by molar-refractivity contribution is 5.08. The maximum atomic E-state index is 10.6. The molecule has 4 fully saturated rings. The molecule has 2 heteroatoms. The predicted octanol–water partition coefficient (Wildman–Crippen LogP) is 2.32. The highest BCUT2D eigenvalue weighted by Crippen LogP contribution is 2.63. The van der Waals surface area contributed by atoms with Gasteiger partial charge in [-0.2, -0.15) is 0 Å². The molecule has 0 aliphatic heterocycles. The molecule has 4 aliphatic rings. The number of hydrogen-bond donors (Lipinski definition) is 2. The molecule has 2 N–H and O–H groups in total. The summed E-state index contributed by atoms with van der Waals surface area (Å²) in [5.41, 5.74) is 0.193. The Morgan fingerprint density at radius 3 is 2.38 bits per heavy atom. The Kier molecular flexibility index (Phi) is 2.38. The molecule has 4 rings (SSSR count). The van der Waals surface area contributed by atoms with Crippen molar-refractivity contribution in [2.75, 3.05) is 7.05 Å². The van der Waals surface area contributed by atoms with Crippen LogP contribution in [-0.2, 0) is 0 Å². The molecule has 4 bridgehead atoms. The highest BCUT2D eigenvalue weighted by Gasteiger charge is 2.56. The van der Waals surface area contributed by atoms with E-state index < -0.39 is 0 Å². The van der Waals surface area contributed by atoms with Crippen molar-refractivity contribution in [3.05, 3.63) is 0 Å². The van der Waals surface area contributed by atoms with Crippen LogP contribution >= 0.6 is 0 Å². The van der Waals surface area contributed by atoms with Gasteiger partial charge in [-0.05, 0) is 76.2 Å².